The highest BCUT2D eigenvalue weighted by Crippen LogP contribution is 2.16. The molecule has 2 rings (SSSR count). The summed E-state index contributed by atoms with van der Waals surface area (Å²) in [4.78, 5) is 12.0. The summed E-state index contributed by atoms with van der Waals surface area (Å²) in [6.45, 7) is 3.71. The fourth-order valence-corrected chi connectivity index (χ4v) is 2.71. The molecule has 0 saturated heterocycles. The monoisotopic (exact) mass is 374 g/mol. The van der Waals surface area contributed by atoms with E-state index in [1.807, 2.05) is 48.5 Å². The van der Waals surface area contributed by atoms with E-state index >= 15 is 0 Å². The van der Waals surface area contributed by atoms with Gasteiger partial charge >= 0.3 is 0 Å². The van der Waals surface area contributed by atoms with Crippen molar-refractivity contribution in [2.45, 2.75) is 39.2 Å². The van der Waals surface area contributed by atoms with Gasteiger partial charge in [0, 0.05) is 17.3 Å². The first-order valence-corrected chi connectivity index (χ1v) is 9.53. The minimum Gasteiger partial charge on any atom is -0.494 e. The number of hydrogen-bond acceptors (Lipinski definition) is 3. The zero-order valence-electron chi connectivity index (χ0n) is 15.3. The topological polar surface area (TPSA) is 50.4 Å². The Morgan fingerprint density at radius 3 is 2.54 bits per heavy atom. The van der Waals surface area contributed by atoms with Gasteiger partial charge in [0.05, 0.1) is 13.2 Å². The smallest absolute Gasteiger partial charge is 0.238 e. The number of hydrogen-bond donors (Lipinski definition) is 2. The Labute approximate surface area is 160 Å². The van der Waals surface area contributed by atoms with Gasteiger partial charge in [0.2, 0.25) is 5.91 Å². The number of carbonyl (C=O) groups is 1. The van der Waals surface area contributed by atoms with E-state index in [-0.39, 0.29) is 12.5 Å². The second-order valence-corrected chi connectivity index (χ2v) is 6.58. The van der Waals surface area contributed by atoms with Crippen molar-refractivity contribution in [3.8, 4) is 5.75 Å². The third-order valence-corrected chi connectivity index (χ3v) is 4.33. The van der Waals surface area contributed by atoms with E-state index in [0.29, 0.717) is 11.6 Å². The van der Waals surface area contributed by atoms with Crippen molar-refractivity contribution in [1.82, 2.24) is 5.32 Å². The summed E-state index contributed by atoms with van der Waals surface area (Å²) in [5.41, 5.74) is 1.73. The second kappa shape index (κ2) is 11.6. The molecule has 0 bridgehead atoms. The lowest BCUT2D eigenvalue weighted by Crippen LogP contribution is -2.27. The molecule has 26 heavy (non-hydrogen) atoms. The molecule has 2 N–H and O–H groups in total. The normalized spacial score (nSPS) is 10.5. The van der Waals surface area contributed by atoms with Crippen LogP contribution in [0.4, 0.5) is 5.69 Å². The third kappa shape index (κ3) is 7.46. The maximum absolute atomic E-state index is 12.0. The van der Waals surface area contributed by atoms with Gasteiger partial charge in [-0.05, 0) is 42.3 Å². The first-order valence-electron chi connectivity index (χ1n) is 9.16. The molecule has 0 atom stereocenters. The van der Waals surface area contributed by atoms with Crippen LogP contribution in [-0.4, -0.2) is 19.1 Å². The largest absolute Gasteiger partial charge is 0.494 e. The van der Waals surface area contributed by atoms with Gasteiger partial charge in [0.25, 0.3) is 0 Å². The molecule has 1 amide bonds. The molecule has 0 aliphatic rings. The summed E-state index contributed by atoms with van der Waals surface area (Å²) in [5, 5.41) is 6.66. The molecule has 0 aliphatic heterocycles. The SMILES string of the molecule is CCCCCCOc1ccc(NC(=O)CNCc2ccccc2Cl)cc1. The number of anilines is 1. The lowest BCUT2D eigenvalue weighted by atomic mass is 10.2. The Morgan fingerprint density at radius 1 is 1.04 bits per heavy atom. The van der Waals surface area contributed by atoms with E-state index in [9.17, 15) is 4.79 Å². The van der Waals surface area contributed by atoms with E-state index in [0.717, 1.165) is 30.0 Å². The molecular formula is C21H27ClN2O2. The number of rotatable bonds is 11. The van der Waals surface area contributed by atoms with Crippen LogP contribution in [0.1, 0.15) is 38.2 Å². The number of benzene rings is 2. The highest BCUT2D eigenvalue weighted by atomic mass is 35.5. The molecule has 0 heterocycles. The highest BCUT2D eigenvalue weighted by Gasteiger charge is 2.04. The maximum Gasteiger partial charge on any atom is 0.238 e. The van der Waals surface area contributed by atoms with Gasteiger partial charge in [-0.1, -0.05) is 56.0 Å². The number of amides is 1. The summed E-state index contributed by atoms with van der Waals surface area (Å²) in [6.07, 6.45) is 4.75. The summed E-state index contributed by atoms with van der Waals surface area (Å²) >= 11 is 6.09. The fraction of sp³-hybridized carbons (Fsp3) is 0.381. The van der Waals surface area contributed by atoms with Crippen LogP contribution in [0.15, 0.2) is 48.5 Å². The van der Waals surface area contributed by atoms with E-state index in [2.05, 4.69) is 17.6 Å². The van der Waals surface area contributed by atoms with E-state index in [1.54, 1.807) is 0 Å². The van der Waals surface area contributed by atoms with Crippen LogP contribution in [0, 0.1) is 0 Å². The second-order valence-electron chi connectivity index (χ2n) is 6.18. The Morgan fingerprint density at radius 2 is 1.81 bits per heavy atom. The first-order chi connectivity index (χ1) is 12.7. The predicted octanol–water partition coefficient (Wildman–Crippen LogP) is 5.03. The molecule has 140 valence electrons. The zero-order valence-corrected chi connectivity index (χ0v) is 16.0. The molecule has 5 heteroatoms. The Bertz CT molecular complexity index is 674. The molecule has 2 aromatic carbocycles. The van der Waals surface area contributed by atoms with Crippen molar-refractivity contribution in [2.24, 2.45) is 0 Å². The van der Waals surface area contributed by atoms with E-state index in [1.165, 1.54) is 19.3 Å². The fourth-order valence-electron chi connectivity index (χ4n) is 2.51. The van der Waals surface area contributed by atoms with Gasteiger partial charge in [-0.3, -0.25) is 4.79 Å². The van der Waals surface area contributed by atoms with Crippen LogP contribution < -0.4 is 15.4 Å². The highest BCUT2D eigenvalue weighted by molar-refractivity contribution is 6.31. The summed E-state index contributed by atoms with van der Waals surface area (Å²) in [5.74, 6) is 0.738. The predicted molar refractivity (Wildman–Crippen MR) is 108 cm³/mol. The number of carbonyl (C=O) groups excluding carboxylic acids is 1. The number of nitrogens with one attached hydrogen (secondary N) is 2. The Kier molecular flexibility index (Phi) is 9.01. The third-order valence-electron chi connectivity index (χ3n) is 3.96. The lowest BCUT2D eigenvalue weighted by molar-refractivity contribution is -0.115. The van der Waals surface area contributed by atoms with Gasteiger partial charge in [-0.2, -0.15) is 0 Å². The summed E-state index contributed by atoms with van der Waals surface area (Å²) < 4.78 is 5.70. The number of ether oxygens (including phenoxy) is 1. The van der Waals surface area contributed by atoms with Crippen molar-refractivity contribution in [1.29, 1.82) is 0 Å². The van der Waals surface area contributed by atoms with E-state index < -0.39 is 0 Å². The zero-order chi connectivity index (χ0) is 18.6. The van der Waals surface area contributed by atoms with Crippen molar-refractivity contribution < 1.29 is 9.53 Å². The van der Waals surface area contributed by atoms with E-state index in [4.69, 9.17) is 16.3 Å². The molecule has 0 radical (unpaired) electrons. The molecule has 0 unspecified atom stereocenters. The molecule has 0 fully saturated rings. The number of halogens is 1. The van der Waals surface area contributed by atoms with Crippen LogP contribution in [0.5, 0.6) is 5.75 Å². The lowest BCUT2D eigenvalue weighted by Gasteiger charge is -2.09. The molecule has 0 spiro atoms. The molecule has 0 aliphatic carbocycles. The number of unbranched alkanes of at least 4 members (excludes halogenated alkanes) is 3. The molecule has 0 saturated carbocycles. The quantitative estimate of drug-likeness (QED) is 0.542. The average molecular weight is 375 g/mol. The van der Waals surface area contributed by atoms with Crippen molar-refractivity contribution in [2.75, 3.05) is 18.5 Å². The Hall–Kier alpha value is -2.04. The maximum atomic E-state index is 12.0. The van der Waals surface area contributed by atoms with Crippen LogP contribution >= 0.6 is 11.6 Å². The molecule has 2 aromatic rings. The van der Waals surface area contributed by atoms with Gasteiger partial charge in [0.15, 0.2) is 0 Å². The average Bonchev–Trinajstić information content (AvgIpc) is 2.64. The summed E-state index contributed by atoms with van der Waals surface area (Å²) in [7, 11) is 0. The van der Waals surface area contributed by atoms with Gasteiger partial charge in [-0.15, -0.1) is 0 Å². The van der Waals surface area contributed by atoms with Crippen molar-refractivity contribution >= 4 is 23.2 Å². The minimum absolute atomic E-state index is 0.0923. The van der Waals surface area contributed by atoms with Crippen molar-refractivity contribution in [3.63, 3.8) is 0 Å². The minimum atomic E-state index is -0.0923. The Balaban J connectivity index is 1.67. The van der Waals surface area contributed by atoms with Crippen LogP contribution in [0.25, 0.3) is 0 Å². The summed E-state index contributed by atoms with van der Waals surface area (Å²) in [6, 6.07) is 15.1. The molecule has 4 nitrogen and oxygen atoms in total. The molecular weight excluding hydrogens is 348 g/mol. The van der Waals surface area contributed by atoms with Crippen LogP contribution in [-0.2, 0) is 11.3 Å². The first kappa shape index (κ1) is 20.3. The van der Waals surface area contributed by atoms with Gasteiger partial charge in [0.1, 0.15) is 5.75 Å². The van der Waals surface area contributed by atoms with Crippen LogP contribution in [0.3, 0.4) is 0 Å². The van der Waals surface area contributed by atoms with Gasteiger partial charge in [-0.25, -0.2) is 0 Å². The standard InChI is InChI=1S/C21H27ClN2O2/c1-2-3-4-7-14-26-19-12-10-18(11-13-19)24-21(25)16-23-15-17-8-5-6-9-20(17)22/h5-6,8-13,23H,2-4,7,14-16H2,1H3,(H,24,25). The van der Waals surface area contributed by atoms with Gasteiger partial charge < -0.3 is 15.4 Å². The van der Waals surface area contributed by atoms with Crippen LogP contribution in [0.2, 0.25) is 5.02 Å². The van der Waals surface area contributed by atoms with Crippen molar-refractivity contribution in [3.05, 3.63) is 59.1 Å². The molecule has 0 aromatic heterocycles.